The van der Waals surface area contributed by atoms with Crippen molar-refractivity contribution in [2.24, 2.45) is 0 Å². The van der Waals surface area contributed by atoms with E-state index in [9.17, 15) is 9.18 Å². The highest BCUT2D eigenvalue weighted by atomic mass is 79.9. The number of halogens is 3. The van der Waals surface area contributed by atoms with Crippen LogP contribution in [-0.2, 0) is 0 Å². The van der Waals surface area contributed by atoms with Crippen LogP contribution in [0, 0.1) is 12.7 Å². The Bertz CT molecular complexity index is 909. The monoisotopic (exact) mass is 410 g/mol. The van der Waals surface area contributed by atoms with E-state index in [1.807, 2.05) is 0 Å². The molecule has 3 aromatic rings. The maximum absolute atomic E-state index is 14.1. The molecule has 0 N–H and O–H groups in total. The molecule has 1 aromatic carbocycles. The number of nitrogens with zero attached hydrogens (tertiary/aromatic N) is 2. The van der Waals surface area contributed by atoms with Crippen LogP contribution in [0.25, 0.3) is 11.3 Å². The van der Waals surface area contributed by atoms with Gasteiger partial charge in [-0.1, -0.05) is 22.8 Å². The molecule has 24 heavy (non-hydrogen) atoms. The number of ether oxygens (including phenoxy) is 1. The van der Waals surface area contributed by atoms with Crippen molar-refractivity contribution in [1.29, 1.82) is 0 Å². The zero-order valence-electron chi connectivity index (χ0n) is 12.2. The number of aromatic nitrogens is 2. The van der Waals surface area contributed by atoms with E-state index in [0.29, 0.717) is 4.60 Å². The summed E-state index contributed by atoms with van der Waals surface area (Å²) >= 11 is 9.23. The van der Waals surface area contributed by atoms with Gasteiger partial charge < -0.3 is 9.26 Å². The summed E-state index contributed by atoms with van der Waals surface area (Å²) in [6, 6.07) is 7.35. The van der Waals surface area contributed by atoms with E-state index in [2.05, 4.69) is 26.1 Å². The Morgan fingerprint density at radius 1 is 1.33 bits per heavy atom. The van der Waals surface area contributed by atoms with E-state index < -0.39 is 11.8 Å². The number of esters is 1. The Labute approximate surface area is 149 Å². The Balaban J connectivity index is 2.05. The fourth-order valence-electron chi connectivity index (χ4n) is 2.11. The molecular weight excluding hydrogens is 403 g/mol. The van der Waals surface area contributed by atoms with Crippen molar-refractivity contribution >= 4 is 33.5 Å². The van der Waals surface area contributed by atoms with Gasteiger partial charge in [0.2, 0.25) is 0 Å². The van der Waals surface area contributed by atoms with Crippen molar-refractivity contribution < 1.29 is 18.4 Å². The molecule has 0 aliphatic heterocycles. The quantitative estimate of drug-likeness (QED) is 0.457. The van der Waals surface area contributed by atoms with Crippen LogP contribution in [0.2, 0.25) is 5.02 Å². The fourth-order valence-corrected chi connectivity index (χ4v) is 2.69. The van der Waals surface area contributed by atoms with Gasteiger partial charge in [-0.3, -0.25) is 0 Å². The SMILES string of the molecule is Cc1onc(-c2c(F)cccc2Cl)c1C(=O)Oc1cccnc1Br. The topological polar surface area (TPSA) is 65.2 Å². The molecule has 3 rings (SSSR count). The Kier molecular flexibility index (Phi) is 4.64. The molecule has 0 spiro atoms. The predicted molar refractivity (Wildman–Crippen MR) is 88.5 cm³/mol. The molecule has 0 amide bonds. The summed E-state index contributed by atoms with van der Waals surface area (Å²) in [4.78, 5) is 16.5. The molecule has 2 heterocycles. The lowest BCUT2D eigenvalue weighted by Gasteiger charge is -2.07. The highest BCUT2D eigenvalue weighted by molar-refractivity contribution is 9.10. The van der Waals surface area contributed by atoms with Gasteiger partial charge in [-0.25, -0.2) is 14.2 Å². The molecule has 8 heteroatoms. The van der Waals surface area contributed by atoms with Crippen molar-refractivity contribution in [2.45, 2.75) is 6.92 Å². The minimum Gasteiger partial charge on any atom is -0.420 e. The minimum atomic E-state index is -0.753. The highest BCUT2D eigenvalue weighted by Gasteiger charge is 2.27. The van der Waals surface area contributed by atoms with Crippen LogP contribution in [0.15, 0.2) is 45.7 Å². The van der Waals surface area contributed by atoms with Gasteiger partial charge in [0.1, 0.15) is 27.4 Å². The number of benzene rings is 1. The molecule has 0 saturated carbocycles. The standard InChI is InChI=1S/C16H9BrClFN2O3/c1-8-12(16(22)23-11-6-3-7-20-15(11)17)14(21-24-8)13-9(18)4-2-5-10(13)19/h2-7H,1H3. The maximum Gasteiger partial charge on any atom is 0.349 e. The maximum atomic E-state index is 14.1. The van der Waals surface area contributed by atoms with Gasteiger partial charge in [-0.15, -0.1) is 0 Å². The van der Waals surface area contributed by atoms with Crippen LogP contribution >= 0.6 is 27.5 Å². The summed E-state index contributed by atoms with van der Waals surface area (Å²) in [5.41, 5.74) is -0.0356. The van der Waals surface area contributed by atoms with Crippen molar-refractivity contribution in [3.05, 3.63) is 63.3 Å². The number of carbonyl (C=O) groups excluding carboxylic acids is 1. The third-order valence-corrected chi connectivity index (χ3v) is 4.10. The van der Waals surface area contributed by atoms with Crippen molar-refractivity contribution in [3.63, 3.8) is 0 Å². The van der Waals surface area contributed by atoms with Gasteiger partial charge in [0.25, 0.3) is 0 Å². The molecule has 5 nitrogen and oxygen atoms in total. The zero-order valence-corrected chi connectivity index (χ0v) is 14.6. The summed E-state index contributed by atoms with van der Waals surface area (Å²) in [7, 11) is 0. The molecule has 0 radical (unpaired) electrons. The van der Waals surface area contributed by atoms with E-state index in [1.54, 1.807) is 12.1 Å². The Morgan fingerprint density at radius 2 is 2.12 bits per heavy atom. The smallest absolute Gasteiger partial charge is 0.349 e. The third kappa shape index (κ3) is 3.05. The van der Waals surface area contributed by atoms with Crippen LogP contribution in [0.4, 0.5) is 4.39 Å². The van der Waals surface area contributed by atoms with Gasteiger partial charge in [-0.2, -0.15) is 0 Å². The number of carbonyl (C=O) groups is 1. The van der Waals surface area contributed by atoms with Crippen LogP contribution in [-0.4, -0.2) is 16.1 Å². The summed E-state index contributed by atoms with van der Waals surface area (Å²) in [6.45, 7) is 1.53. The molecule has 122 valence electrons. The first-order valence-corrected chi connectivity index (χ1v) is 7.89. The normalized spacial score (nSPS) is 10.7. The highest BCUT2D eigenvalue weighted by Crippen LogP contribution is 2.34. The summed E-state index contributed by atoms with van der Waals surface area (Å²) in [5, 5.41) is 3.88. The average Bonchev–Trinajstić information content (AvgIpc) is 2.91. The molecule has 0 aliphatic carbocycles. The minimum absolute atomic E-state index is 0.00208. The van der Waals surface area contributed by atoms with E-state index >= 15 is 0 Å². The zero-order chi connectivity index (χ0) is 17.3. The Hall–Kier alpha value is -2.25. The average molecular weight is 412 g/mol. The first-order chi connectivity index (χ1) is 11.5. The lowest BCUT2D eigenvalue weighted by Crippen LogP contribution is -2.11. The van der Waals surface area contributed by atoms with Gasteiger partial charge in [-0.05, 0) is 47.1 Å². The van der Waals surface area contributed by atoms with E-state index in [-0.39, 0.29) is 33.4 Å². The Morgan fingerprint density at radius 3 is 2.83 bits per heavy atom. The number of pyridine rings is 1. The lowest BCUT2D eigenvalue weighted by atomic mass is 10.1. The summed E-state index contributed by atoms with van der Waals surface area (Å²) in [5.74, 6) is -0.966. The number of aryl methyl sites for hydroxylation is 1. The number of hydrogen-bond acceptors (Lipinski definition) is 5. The van der Waals surface area contributed by atoms with Gasteiger partial charge >= 0.3 is 5.97 Å². The predicted octanol–water partition coefficient (Wildman–Crippen LogP) is 4.82. The second-order valence-corrected chi connectivity index (χ2v) is 5.90. The van der Waals surface area contributed by atoms with E-state index in [0.717, 1.165) is 0 Å². The molecule has 0 saturated heterocycles. The van der Waals surface area contributed by atoms with Crippen LogP contribution < -0.4 is 4.74 Å². The van der Waals surface area contributed by atoms with Crippen LogP contribution in [0.1, 0.15) is 16.1 Å². The van der Waals surface area contributed by atoms with Crippen LogP contribution in [0.5, 0.6) is 5.75 Å². The van der Waals surface area contributed by atoms with E-state index in [1.165, 1.54) is 31.3 Å². The molecule has 0 fully saturated rings. The molecule has 2 aromatic heterocycles. The largest absolute Gasteiger partial charge is 0.420 e. The van der Waals surface area contributed by atoms with Crippen LogP contribution in [0.3, 0.4) is 0 Å². The second-order valence-electron chi connectivity index (χ2n) is 4.74. The van der Waals surface area contributed by atoms with Crippen molar-refractivity contribution in [2.75, 3.05) is 0 Å². The van der Waals surface area contributed by atoms with Gasteiger partial charge in [0.15, 0.2) is 5.75 Å². The molecule has 0 aliphatic rings. The molecular formula is C16H9BrClFN2O3. The number of rotatable bonds is 3. The fraction of sp³-hybridized carbons (Fsp3) is 0.0625. The van der Waals surface area contributed by atoms with Crippen molar-refractivity contribution in [1.82, 2.24) is 10.1 Å². The van der Waals surface area contributed by atoms with E-state index in [4.69, 9.17) is 20.9 Å². The third-order valence-electron chi connectivity index (χ3n) is 3.19. The summed E-state index contributed by atoms with van der Waals surface area (Å²) in [6.07, 6.45) is 1.54. The summed E-state index contributed by atoms with van der Waals surface area (Å²) < 4.78 is 24.8. The molecule has 0 unspecified atom stereocenters. The lowest BCUT2D eigenvalue weighted by molar-refractivity contribution is 0.0731. The van der Waals surface area contributed by atoms with Crippen molar-refractivity contribution in [3.8, 4) is 17.0 Å². The number of hydrogen-bond donors (Lipinski definition) is 0. The molecule has 0 bridgehead atoms. The van der Waals surface area contributed by atoms with Gasteiger partial charge in [0, 0.05) is 6.20 Å². The van der Waals surface area contributed by atoms with Gasteiger partial charge in [0.05, 0.1) is 10.6 Å². The first kappa shape index (κ1) is 16.6. The second kappa shape index (κ2) is 6.70. The first-order valence-electron chi connectivity index (χ1n) is 6.72. The molecule has 0 atom stereocenters.